The first kappa shape index (κ1) is 16.5. The van der Waals surface area contributed by atoms with Gasteiger partial charge in [-0.3, -0.25) is 5.32 Å². The van der Waals surface area contributed by atoms with Crippen molar-refractivity contribution in [2.75, 3.05) is 12.4 Å². The van der Waals surface area contributed by atoms with Crippen molar-refractivity contribution in [1.29, 1.82) is 0 Å². The zero-order valence-electron chi connectivity index (χ0n) is 14.0. The summed E-state index contributed by atoms with van der Waals surface area (Å²) in [7, 11) is 1.65. The third-order valence-corrected chi connectivity index (χ3v) is 6.04. The Balaban J connectivity index is 1.48. The maximum Gasteiger partial charge on any atom is 0.250 e. The molecule has 0 saturated heterocycles. The van der Waals surface area contributed by atoms with Crippen LogP contribution < -0.4 is 10.1 Å². The lowest BCUT2D eigenvalue weighted by molar-refractivity contribution is 0.415. The Labute approximate surface area is 167 Å². The van der Waals surface area contributed by atoms with E-state index < -0.39 is 0 Å². The van der Waals surface area contributed by atoms with Gasteiger partial charge in [0.2, 0.25) is 10.9 Å². The average molecular weight is 414 g/mol. The summed E-state index contributed by atoms with van der Waals surface area (Å²) in [6.45, 7) is 0. The molecule has 2 aromatic carbocycles. The topological polar surface area (TPSA) is 64.3 Å². The van der Waals surface area contributed by atoms with Crippen molar-refractivity contribution in [2.24, 2.45) is 0 Å². The summed E-state index contributed by atoms with van der Waals surface area (Å²) in [5.74, 6) is 1.33. The molecule has 5 rings (SSSR count). The number of aromatic nitrogens is 4. The van der Waals surface area contributed by atoms with Crippen LogP contribution in [0.4, 0.5) is 11.1 Å². The minimum atomic E-state index is 0.517. The minimum absolute atomic E-state index is 0.517. The fourth-order valence-electron chi connectivity index (χ4n) is 2.73. The third kappa shape index (κ3) is 3.01. The van der Waals surface area contributed by atoms with E-state index in [4.69, 9.17) is 16.3 Å². The zero-order chi connectivity index (χ0) is 18.4. The number of fused-ring (bicyclic) bond motifs is 2. The SMILES string of the molecule is COc1ccc2nc(Nc3nc4scc(-c5ccc(Cl)cc5)n4n3)sc2c1. The highest BCUT2D eigenvalue weighted by atomic mass is 35.5. The fourth-order valence-corrected chi connectivity index (χ4v) is 4.58. The Hall–Kier alpha value is -2.68. The molecule has 9 heteroatoms. The average Bonchev–Trinajstić information content (AvgIpc) is 3.35. The van der Waals surface area contributed by atoms with Crippen molar-refractivity contribution >= 4 is 60.5 Å². The smallest absolute Gasteiger partial charge is 0.250 e. The number of ether oxygens (including phenoxy) is 1. The predicted molar refractivity (Wildman–Crippen MR) is 111 cm³/mol. The van der Waals surface area contributed by atoms with Crippen LogP contribution in [0.2, 0.25) is 5.02 Å². The standard InChI is InChI=1S/C18H12ClN5OS2/c1-25-12-6-7-13-15(8-12)27-17(20-13)21-16-22-18-24(23-16)14(9-26-18)10-2-4-11(19)5-3-10/h2-9H,1H3,(H,20,21,23). The molecule has 0 atom stereocenters. The Bertz CT molecular complexity index is 1260. The Morgan fingerprint density at radius 2 is 1.96 bits per heavy atom. The number of anilines is 2. The molecular formula is C18H12ClN5OS2. The van der Waals surface area contributed by atoms with Crippen LogP contribution in [0.5, 0.6) is 5.75 Å². The molecule has 0 aliphatic rings. The van der Waals surface area contributed by atoms with Crippen molar-refractivity contribution in [1.82, 2.24) is 19.6 Å². The molecule has 0 amide bonds. The Kier molecular flexibility index (Phi) is 3.96. The van der Waals surface area contributed by atoms with Crippen molar-refractivity contribution in [3.05, 3.63) is 52.9 Å². The summed E-state index contributed by atoms with van der Waals surface area (Å²) < 4.78 is 8.13. The first-order chi connectivity index (χ1) is 13.2. The van der Waals surface area contributed by atoms with Gasteiger partial charge in [-0.25, -0.2) is 9.50 Å². The van der Waals surface area contributed by atoms with Gasteiger partial charge in [0.1, 0.15) is 5.75 Å². The second kappa shape index (κ2) is 6.49. The van der Waals surface area contributed by atoms with Gasteiger partial charge in [0.25, 0.3) is 0 Å². The van der Waals surface area contributed by atoms with E-state index in [0.717, 1.165) is 37.3 Å². The van der Waals surface area contributed by atoms with E-state index in [1.807, 2.05) is 52.4 Å². The summed E-state index contributed by atoms with van der Waals surface area (Å²) >= 11 is 9.05. The molecule has 0 bridgehead atoms. The maximum absolute atomic E-state index is 5.98. The lowest BCUT2D eigenvalue weighted by Crippen LogP contribution is -1.93. The highest BCUT2D eigenvalue weighted by Crippen LogP contribution is 2.31. The molecule has 27 heavy (non-hydrogen) atoms. The zero-order valence-corrected chi connectivity index (χ0v) is 16.4. The van der Waals surface area contributed by atoms with Gasteiger partial charge in [-0.2, -0.15) is 4.98 Å². The summed E-state index contributed by atoms with van der Waals surface area (Å²) in [6, 6.07) is 13.5. The van der Waals surface area contributed by atoms with Gasteiger partial charge in [0.15, 0.2) is 5.13 Å². The van der Waals surface area contributed by atoms with Crippen molar-refractivity contribution in [3.8, 4) is 17.0 Å². The van der Waals surface area contributed by atoms with Crippen LogP contribution in [0, 0.1) is 0 Å². The van der Waals surface area contributed by atoms with E-state index in [0.29, 0.717) is 11.0 Å². The van der Waals surface area contributed by atoms with Crippen LogP contribution in [-0.4, -0.2) is 26.7 Å². The van der Waals surface area contributed by atoms with Crippen LogP contribution in [0.25, 0.3) is 26.4 Å². The first-order valence-electron chi connectivity index (χ1n) is 8.01. The number of methoxy groups -OCH3 is 1. The summed E-state index contributed by atoms with van der Waals surface area (Å²) in [5.41, 5.74) is 2.92. The van der Waals surface area contributed by atoms with Crippen molar-refractivity contribution in [3.63, 3.8) is 0 Å². The first-order valence-corrected chi connectivity index (χ1v) is 10.1. The number of nitrogens with one attached hydrogen (secondary N) is 1. The summed E-state index contributed by atoms with van der Waals surface area (Å²) in [4.78, 5) is 9.94. The number of hydrogen-bond donors (Lipinski definition) is 1. The number of hydrogen-bond acceptors (Lipinski definition) is 7. The number of benzene rings is 2. The fraction of sp³-hybridized carbons (Fsp3) is 0.0556. The molecule has 0 aliphatic heterocycles. The predicted octanol–water partition coefficient (Wildman–Crippen LogP) is 5.47. The summed E-state index contributed by atoms with van der Waals surface area (Å²) in [6.07, 6.45) is 0. The van der Waals surface area contributed by atoms with Crippen molar-refractivity contribution < 1.29 is 4.74 Å². The summed E-state index contributed by atoms with van der Waals surface area (Å²) in [5, 5.41) is 11.3. The molecule has 134 valence electrons. The lowest BCUT2D eigenvalue weighted by Gasteiger charge is -1.99. The minimum Gasteiger partial charge on any atom is -0.497 e. The highest BCUT2D eigenvalue weighted by Gasteiger charge is 2.13. The van der Waals surface area contributed by atoms with Crippen LogP contribution >= 0.6 is 34.3 Å². The number of halogens is 1. The van der Waals surface area contributed by atoms with Gasteiger partial charge in [-0.05, 0) is 30.3 Å². The van der Waals surface area contributed by atoms with Crippen LogP contribution in [0.1, 0.15) is 0 Å². The normalized spacial score (nSPS) is 11.3. The van der Waals surface area contributed by atoms with Gasteiger partial charge < -0.3 is 4.74 Å². The van der Waals surface area contributed by atoms with Crippen LogP contribution in [0.15, 0.2) is 47.8 Å². The van der Waals surface area contributed by atoms with E-state index in [2.05, 4.69) is 20.4 Å². The molecule has 0 spiro atoms. The second-order valence-corrected chi connectivity index (χ2v) is 8.04. The molecule has 3 heterocycles. The largest absolute Gasteiger partial charge is 0.497 e. The van der Waals surface area contributed by atoms with Gasteiger partial charge in [0, 0.05) is 16.0 Å². The molecule has 5 aromatic rings. The molecule has 0 radical (unpaired) electrons. The molecular weight excluding hydrogens is 402 g/mol. The molecule has 0 fully saturated rings. The lowest BCUT2D eigenvalue weighted by atomic mass is 10.2. The molecule has 6 nitrogen and oxygen atoms in total. The Morgan fingerprint density at radius 1 is 1.11 bits per heavy atom. The van der Waals surface area contributed by atoms with Gasteiger partial charge in [0.05, 0.1) is 23.0 Å². The highest BCUT2D eigenvalue weighted by molar-refractivity contribution is 7.22. The quantitative estimate of drug-likeness (QED) is 0.423. The third-order valence-electron chi connectivity index (χ3n) is 4.04. The maximum atomic E-state index is 5.98. The molecule has 0 unspecified atom stereocenters. The Morgan fingerprint density at radius 3 is 2.78 bits per heavy atom. The van der Waals surface area contributed by atoms with Gasteiger partial charge >= 0.3 is 0 Å². The van der Waals surface area contributed by atoms with E-state index in [1.54, 1.807) is 7.11 Å². The van der Waals surface area contributed by atoms with Crippen molar-refractivity contribution in [2.45, 2.75) is 0 Å². The van der Waals surface area contributed by atoms with Gasteiger partial charge in [-0.1, -0.05) is 35.1 Å². The number of thiazole rings is 2. The monoisotopic (exact) mass is 413 g/mol. The number of rotatable bonds is 4. The number of nitrogens with zero attached hydrogens (tertiary/aromatic N) is 4. The van der Waals surface area contributed by atoms with E-state index in [-0.39, 0.29) is 0 Å². The van der Waals surface area contributed by atoms with E-state index in [9.17, 15) is 0 Å². The van der Waals surface area contributed by atoms with E-state index in [1.165, 1.54) is 22.7 Å². The van der Waals surface area contributed by atoms with Gasteiger partial charge in [-0.15, -0.1) is 16.4 Å². The van der Waals surface area contributed by atoms with Crippen LogP contribution in [-0.2, 0) is 0 Å². The molecule has 1 N–H and O–H groups in total. The second-order valence-electron chi connectivity index (χ2n) is 5.74. The molecule has 0 aliphatic carbocycles. The molecule has 3 aromatic heterocycles. The molecule has 0 saturated carbocycles. The van der Waals surface area contributed by atoms with E-state index >= 15 is 0 Å². The van der Waals surface area contributed by atoms with Crippen LogP contribution in [0.3, 0.4) is 0 Å².